The lowest BCUT2D eigenvalue weighted by molar-refractivity contribution is 0.102. The maximum absolute atomic E-state index is 12.3. The van der Waals surface area contributed by atoms with Crippen molar-refractivity contribution in [3.63, 3.8) is 0 Å². The molecule has 0 spiro atoms. The van der Waals surface area contributed by atoms with E-state index in [1.807, 2.05) is 30.3 Å². The molecule has 1 amide bonds. The molecule has 23 heavy (non-hydrogen) atoms. The first kappa shape index (κ1) is 17.0. The van der Waals surface area contributed by atoms with Crippen LogP contribution in [0.5, 0.6) is 0 Å². The Morgan fingerprint density at radius 1 is 1.04 bits per heavy atom. The van der Waals surface area contributed by atoms with Crippen molar-refractivity contribution in [1.82, 2.24) is 4.98 Å². The van der Waals surface area contributed by atoms with Crippen LogP contribution in [0.25, 0.3) is 0 Å². The number of rotatable bonds is 4. The average Bonchev–Trinajstić information content (AvgIpc) is 2.46. The minimum atomic E-state index is -0.208. The maximum atomic E-state index is 12.3. The molecule has 0 aliphatic rings. The predicted octanol–water partition coefficient (Wildman–Crippen LogP) is 4.67. The topological polar surface area (TPSA) is 54.0 Å². The van der Waals surface area contributed by atoms with Gasteiger partial charge in [-0.25, -0.2) is 0 Å². The molecule has 0 fully saturated rings. The van der Waals surface area contributed by atoms with Gasteiger partial charge in [-0.15, -0.1) is 0 Å². The van der Waals surface area contributed by atoms with E-state index >= 15 is 0 Å². The summed E-state index contributed by atoms with van der Waals surface area (Å²) < 4.78 is 0. The monoisotopic (exact) mass is 311 g/mol. The molecule has 2 N–H and O–H groups in total. The second-order valence-electron chi connectivity index (χ2n) is 7.04. The summed E-state index contributed by atoms with van der Waals surface area (Å²) >= 11 is 0. The number of hydrogen-bond acceptors (Lipinski definition) is 3. The van der Waals surface area contributed by atoms with Gasteiger partial charge >= 0.3 is 0 Å². The Kier molecular flexibility index (Phi) is 5.04. The van der Waals surface area contributed by atoms with E-state index in [-0.39, 0.29) is 11.4 Å². The molecule has 0 saturated heterocycles. The molecule has 1 heterocycles. The van der Waals surface area contributed by atoms with Crippen LogP contribution in [0.15, 0.2) is 42.6 Å². The molecule has 4 heteroatoms. The Morgan fingerprint density at radius 2 is 1.70 bits per heavy atom. The smallest absolute Gasteiger partial charge is 0.274 e. The van der Waals surface area contributed by atoms with Gasteiger partial charge < -0.3 is 10.6 Å². The summed E-state index contributed by atoms with van der Waals surface area (Å²) in [6.07, 6.45) is 1.64. The van der Waals surface area contributed by atoms with Gasteiger partial charge in [0.25, 0.3) is 5.91 Å². The van der Waals surface area contributed by atoms with E-state index in [0.717, 1.165) is 11.4 Å². The van der Waals surface area contributed by atoms with Gasteiger partial charge in [0.15, 0.2) is 0 Å². The van der Waals surface area contributed by atoms with Gasteiger partial charge in [-0.3, -0.25) is 9.78 Å². The highest BCUT2D eigenvalue weighted by atomic mass is 16.1. The van der Waals surface area contributed by atoms with Crippen molar-refractivity contribution >= 4 is 17.3 Å². The number of carbonyl (C=O) groups excluding carboxylic acids is 1. The van der Waals surface area contributed by atoms with Crippen molar-refractivity contribution in [2.45, 2.75) is 46.1 Å². The normalized spacial score (nSPS) is 11.4. The lowest BCUT2D eigenvalue weighted by atomic mass is 10.0. The molecule has 0 unspecified atom stereocenters. The number of carbonyl (C=O) groups is 1. The lowest BCUT2D eigenvalue weighted by Crippen LogP contribution is -2.26. The maximum Gasteiger partial charge on any atom is 0.274 e. The highest BCUT2D eigenvalue weighted by molar-refractivity contribution is 6.03. The molecule has 0 radical (unpaired) electrons. The Morgan fingerprint density at radius 3 is 2.26 bits per heavy atom. The standard InChI is InChI=1S/C19H25N3O/c1-13(2)14-6-8-15(9-7-14)21-18(23)17-12-16(10-11-20-17)22-19(3,4)5/h6-13H,1-5H3,(H,20,22)(H,21,23). The molecule has 0 aliphatic carbocycles. The number of anilines is 2. The van der Waals surface area contributed by atoms with E-state index in [1.165, 1.54) is 5.56 Å². The van der Waals surface area contributed by atoms with Gasteiger partial charge in [-0.05, 0) is 56.5 Å². The first-order chi connectivity index (χ1) is 10.7. The molecule has 4 nitrogen and oxygen atoms in total. The number of pyridine rings is 1. The number of nitrogens with zero attached hydrogens (tertiary/aromatic N) is 1. The van der Waals surface area contributed by atoms with Gasteiger partial charge in [-0.2, -0.15) is 0 Å². The lowest BCUT2D eigenvalue weighted by Gasteiger charge is -2.22. The number of aromatic nitrogens is 1. The number of nitrogens with one attached hydrogen (secondary N) is 2. The van der Waals surface area contributed by atoms with Crippen molar-refractivity contribution in [3.8, 4) is 0 Å². The highest BCUT2D eigenvalue weighted by Gasteiger charge is 2.12. The van der Waals surface area contributed by atoms with Crippen molar-refractivity contribution in [2.75, 3.05) is 10.6 Å². The molecular weight excluding hydrogens is 286 g/mol. The van der Waals surface area contributed by atoms with Crippen molar-refractivity contribution < 1.29 is 4.79 Å². The van der Waals surface area contributed by atoms with Crippen molar-refractivity contribution in [3.05, 3.63) is 53.9 Å². The van der Waals surface area contributed by atoms with E-state index in [1.54, 1.807) is 12.3 Å². The Bertz CT molecular complexity index is 670. The zero-order chi connectivity index (χ0) is 17.0. The summed E-state index contributed by atoms with van der Waals surface area (Å²) in [5, 5.41) is 6.23. The Hall–Kier alpha value is -2.36. The fourth-order valence-electron chi connectivity index (χ4n) is 2.21. The molecule has 2 rings (SSSR count). The fourth-order valence-corrected chi connectivity index (χ4v) is 2.21. The van der Waals surface area contributed by atoms with Crippen molar-refractivity contribution in [1.29, 1.82) is 0 Å². The van der Waals surface area contributed by atoms with E-state index in [4.69, 9.17) is 0 Å². The Balaban J connectivity index is 2.10. The van der Waals surface area contributed by atoms with Crippen LogP contribution in [-0.2, 0) is 0 Å². The molecule has 1 aromatic heterocycles. The molecule has 0 aliphatic heterocycles. The average molecular weight is 311 g/mol. The molecule has 0 atom stereocenters. The van der Waals surface area contributed by atoms with Crippen LogP contribution in [0.2, 0.25) is 0 Å². The minimum absolute atomic E-state index is 0.0677. The van der Waals surface area contributed by atoms with E-state index in [2.05, 4.69) is 50.2 Å². The van der Waals surface area contributed by atoms with Gasteiger partial charge in [-0.1, -0.05) is 26.0 Å². The number of hydrogen-bond donors (Lipinski definition) is 2. The molecule has 0 bridgehead atoms. The number of benzene rings is 1. The molecule has 122 valence electrons. The van der Waals surface area contributed by atoms with Crippen LogP contribution < -0.4 is 10.6 Å². The van der Waals surface area contributed by atoms with Gasteiger partial charge in [0, 0.05) is 23.1 Å². The van der Waals surface area contributed by atoms with Crippen LogP contribution in [0.1, 0.15) is 56.6 Å². The van der Waals surface area contributed by atoms with E-state index < -0.39 is 0 Å². The predicted molar refractivity (Wildman–Crippen MR) is 96.1 cm³/mol. The summed E-state index contributed by atoms with van der Waals surface area (Å²) in [5.74, 6) is 0.265. The van der Waals surface area contributed by atoms with E-state index in [0.29, 0.717) is 11.6 Å². The van der Waals surface area contributed by atoms with Gasteiger partial charge in [0.1, 0.15) is 5.69 Å². The van der Waals surface area contributed by atoms with Crippen LogP contribution in [0, 0.1) is 0 Å². The van der Waals surface area contributed by atoms with Crippen molar-refractivity contribution in [2.24, 2.45) is 0 Å². The highest BCUT2D eigenvalue weighted by Crippen LogP contribution is 2.18. The third kappa shape index (κ3) is 5.09. The summed E-state index contributed by atoms with van der Waals surface area (Å²) in [4.78, 5) is 16.5. The molecule has 0 saturated carbocycles. The largest absolute Gasteiger partial charge is 0.380 e. The molecule has 2 aromatic rings. The second kappa shape index (κ2) is 6.82. The number of amides is 1. The zero-order valence-corrected chi connectivity index (χ0v) is 14.5. The second-order valence-corrected chi connectivity index (χ2v) is 7.04. The third-order valence-electron chi connectivity index (χ3n) is 3.35. The molecular formula is C19H25N3O. The quantitative estimate of drug-likeness (QED) is 0.863. The SMILES string of the molecule is CC(C)c1ccc(NC(=O)c2cc(NC(C)(C)C)ccn2)cc1. The summed E-state index contributed by atoms with van der Waals surface area (Å²) in [5.41, 5.74) is 3.23. The van der Waals surface area contributed by atoms with Crippen LogP contribution in [0.4, 0.5) is 11.4 Å². The van der Waals surface area contributed by atoms with E-state index in [9.17, 15) is 4.79 Å². The van der Waals surface area contributed by atoms with Gasteiger partial charge in [0.05, 0.1) is 0 Å². The summed E-state index contributed by atoms with van der Waals surface area (Å²) in [6, 6.07) is 11.5. The summed E-state index contributed by atoms with van der Waals surface area (Å²) in [7, 11) is 0. The fraction of sp³-hybridized carbons (Fsp3) is 0.368. The van der Waals surface area contributed by atoms with Gasteiger partial charge in [0.2, 0.25) is 0 Å². The Labute approximate surface area is 138 Å². The van der Waals surface area contributed by atoms with Crippen LogP contribution in [0.3, 0.4) is 0 Å². The minimum Gasteiger partial charge on any atom is -0.380 e. The molecule has 1 aromatic carbocycles. The third-order valence-corrected chi connectivity index (χ3v) is 3.35. The zero-order valence-electron chi connectivity index (χ0n) is 14.5. The first-order valence-corrected chi connectivity index (χ1v) is 7.90. The van der Waals surface area contributed by atoms with Crippen LogP contribution in [-0.4, -0.2) is 16.4 Å². The first-order valence-electron chi connectivity index (χ1n) is 7.90. The summed E-state index contributed by atoms with van der Waals surface area (Å²) in [6.45, 7) is 10.5. The van der Waals surface area contributed by atoms with Crippen LogP contribution >= 0.6 is 0 Å².